The van der Waals surface area contributed by atoms with Gasteiger partial charge in [0.1, 0.15) is 0 Å². The topological polar surface area (TPSA) is 3.24 Å². The van der Waals surface area contributed by atoms with E-state index in [1.54, 1.807) is 0 Å². The van der Waals surface area contributed by atoms with Gasteiger partial charge in [-0.3, -0.25) is 0 Å². The number of hydrogen-bond donors (Lipinski definition) is 0. The molecule has 2 aromatic rings. The van der Waals surface area contributed by atoms with Crippen LogP contribution in [0, 0.1) is 0 Å². The highest BCUT2D eigenvalue weighted by Crippen LogP contribution is 2.21. The molecule has 0 aliphatic carbocycles. The summed E-state index contributed by atoms with van der Waals surface area (Å²) in [5, 5.41) is 0. The maximum absolute atomic E-state index is 4.18. The van der Waals surface area contributed by atoms with Crippen LogP contribution in [0.1, 0.15) is 16.7 Å². The Morgan fingerprint density at radius 1 is 0.889 bits per heavy atom. The molecular weight excluding hydrogens is 218 g/mol. The van der Waals surface area contributed by atoms with Gasteiger partial charge >= 0.3 is 0 Å². The zero-order chi connectivity index (χ0) is 13.0. The first-order chi connectivity index (χ1) is 8.66. The maximum atomic E-state index is 4.18. The van der Waals surface area contributed by atoms with E-state index in [2.05, 4.69) is 62.0 Å². The average Bonchev–Trinajstić information content (AvgIpc) is 2.39. The number of benzene rings is 2. The first-order valence-electron chi connectivity index (χ1n) is 6.15. The van der Waals surface area contributed by atoms with E-state index >= 15 is 0 Å². The third-order valence-corrected chi connectivity index (χ3v) is 2.92. The van der Waals surface area contributed by atoms with Crippen LogP contribution in [-0.2, 0) is 6.54 Å². The Balaban J connectivity index is 2.17. The van der Waals surface area contributed by atoms with E-state index in [1.165, 1.54) is 16.7 Å². The smallest absolute Gasteiger partial charge is 0.0227 e. The van der Waals surface area contributed by atoms with Crippen LogP contribution >= 0.6 is 0 Å². The van der Waals surface area contributed by atoms with Crippen molar-refractivity contribution in [3.8, 4) is 0 Å². The van der Waals surface area contributed by atoms with Crippen molar-refractivity contribution in [1.29, 1.82) is 0 Å². The summed E-state index contributed by atoms with van der Waals surface area (Å²) < 4.78 is 0. The zero-order valence-electron chi connectivity index (χ0n) is 11.1. The molecule has 0 saturated carbocycles. The Kier molecular flexibility index (Phi) is 3.96. The third kappa shape index (κ3) is 3.08. The summed E-state index contributed by atoms with van der Waals surface area (Å²) in [5.74, 6) is 0. The Hall–Kier alpha value is -1.86. The van der Waals surface area contributed by atoms with Crippen molar-refractivity contribution in [3.05, 3.63) is 77.9 Å². The zero-order valence-corrected chi connectivity index (χ0v) is 11.1. The molecule has 0 saturated heterocycles. The fraction of sp³-hybridized carbons (Fsp3) is 0.176. The standard InChI is InChI=1S/C17H19N/c1-14(16-7-5-4-6-8-16)17-11-9-15(10-12-17)13-18(2)3/h4-12H,1,13H2,2-3H3. The summed E-state index contributed by atoms with van der Waals surface area (Å²) in [6, 6.07) is 18.9. The molecule has 0 fully saturated rings. The van der Waals surface area contributed by atoms with Crippen LogP contribution in [0.3, 0.4) is 0 Å². The van der Waals surface area contributed by atoms with Crippen LogP contribution in [0.4, 0.5) is 0 Å². The molecule has 0 aliphatic rings. The van der Waals surface area contributed by atoms with Gasteiger partial charge in [-0.05, 0) is 36.4 Å². The maximum Gasteiger partial charge on any atom is 0.0227 e. The molecule has 0 N–H and O–H groups in total. The summed E-state index contributed by atoms with van der Waals surface area (Å²) in [6.45, 7) is 5.15. The van der Waals surface area contributed by atoms with Crippen molar-refractivity contribution >= 4 is 5.57 Å². The van der Waals surface area contributed by atoms with Gasteiger partial charge in [-0.15, -0.1) is 0 Å². The van der Waals surface area contributed by atoms with Crippen LogP contribution in [0.5, 0.6) is 0 Å². The van der Waals surface area contributed by atoms with Gasteiger partial charge in [-0.25, -0.2) is 0 Å². The molecule has 0 radical (unpaired) electrons. The van der Waals surface area contributed by atoms with Gasteiger partial charge in [-0.2, -0.15) is 0 Å². The summed E-state index contributed by atoms with van der Waals surface area (Å²) in [6.07, 6.45) is 0. The van der Waals surface area contributed by atoms with Crippen molar-refractivity contribution in [1.82, 2.24) is 4.90 Å². The lowest BCUT2D eigenvalue weighted by molar-refractivity contribution is 0.402. The fourth-order valence-electron chi connectivity index (χ4n) is 1.98. The van der Waals surface area contributed by atoms with E-state index in [0.717, 1.165) is 12.1 Å². The first kappa shape index (κ1) is 12.6. The van der Waals surface area contributed by atoms with Crippen LogP contribution < -0.4 is 0 Å². The van der Waals surface area contributed by atoms with Crippen LogP contribution in [0.25, 0.3) is 5.57 Å². The molecule has 0 atom stereocenters. The van der Waals surface area contributed by atoms with E-state index in [9.17, 15) is 0 Å². The summed E-state index contributed by atoms with van der Waals surface area (Å²) in [7, 11) is 4.16. The highest BCUT2D eigenvalue weighted by molar-refractivity contribution is 5.77. The van der Waals surface area contributed by atoms with Crippen LogP contribution in [0.2, 0.25) is 0 Å². The van der Waals surface area contributed by atoms with Crippen molar-refractivity contribution in [2.75, 3.05) is 14.1 Å². The van der Waals surface area contributed by atoms with Gasteiger partial charge in [0.25, 0.3) is 0 Å². The molecule has 18 heavy (non-hydrogen) atoms. The van der Waals surface area contributed by atoms with E-state index in [4.69, 9.17) is 0 Å². The normalized spacial score (nSPS) is 10.6. The lowest BCUT2D eigenvalue weighted by atomic mass is 9.99. The third-order valence-electron chi connectivity index (χ3n) is 2.92. The largest absolute Gasteiger partial charge is 0.305 e. The van der Waals surface area contributed by atoms with E-state index < -0.39 is 0 Å². The number of hydrogen-bond acceptors (Lipinski definition) is 1. The van der Waals surface area contributed by atoms with E-state index in [-0.39, 0.29) is 0 Å². The van der Waals surface area contributed by atoms with Crippen LogP contribution in [0.15, 0.2) is 61.2 Å². The SMILES string of the molecule is C=C(c1ccccc1)c1ccc(CN(C)C)cc1. The number of rotatable bonds is 4. The quantitative estimate of drug-likeness (QED) is 0.781. The van der Waals surface area contributed by atoms with Gasteiger partial charge in [0.05, 0.1) is 0 Å². The molecule has 92 valence electrons. The average molecular weight is 237 g/mol. The molecule has 1 heteroatoms. The molecule has 0 heterocycles. The van der Waals surface area contributed by atoms with Gasteiger partial charge in [0.15, 0.2) is 0 Å². The fourth-order valence-corrected chi connectivity index (χ4v) is 1.98. The minimum absolute atomic E-state index is 0.970. The highest BCUT2D eigenvalue weighted by atomic mass is 15.0. The molecule has 2 aromatic carbocycles. The Labute approximate surface area is 109 Å². The van der Waals surface area contributed by atoms with E-state index in [0.29, 0.717) is 0 Å². The second-order valence-corrected chi connectivity index (χ2v) is 4.78. The second kappa shape index (κ2) is 5.65. The minimum atomic E-state index is 0.970. The molecule has 0 aliphatic heterocycles. The van der Waals surface area contributed by atoms with Crippen molar-refractivity contribution in [3.63, 3.8) is 0 Å². The lowest BCUT2D eigenvalue weighted by Crippen LogP contribution is -2.10. The highest BCUT2D eigenvalue weighted by Gasteiger charge is 2.02. The molecule has 0 unspecified atom stereocenters. The Morgan fingerprint density at radius 3 is 2.00 bits per heavy atom. The molecule has 0 aromatic heterocycles. The lowest BCUT2D eigenvalue weighted by Gasteiger charge is -2.11. The van der Waals surface area contributed by atoms with Crippen molar-refractivity contribution in [2.24, 2.45) is 0 Å². The summed E-state index contributed by atoms with van der Waals surface area (Å²) in [5.41, 5.74) is 4.76. The Bertz CT molecular complexity index is 509. The molecule has 0 amide bonds. The molecular formula is C17H19N. The van der Waals surface area contributed by atoms with Gasteiger partial charge < -0.3 is 4.90 Å². The molecule has 0 bridgehead atoms. The first-order valence-corrected chi connectivity index (χ1v) is 6.15. The van der Waals surface area contributed by atoms with Gasteiger partial charge in [-0.1, -0.05) is 61.2 Å². The molecule has 1 nitrogen and oxygen atoms in total. The van der Waals surface area contributed by atoms with Gasteiger partial charge in [0, 0.05) is 6.54 Å². The van der Waals surface area contributed by atoms with Crippen molar-refractivity contribution in [2.45, 2.75) is 6.54 Å². The van der Waals surface area contributed by atoms with Gasteiger partial charge in [0.2, 0.25) is 0 Å². The number of nitrogens with zero attached hydrogens (tertiary/aromatic N) is 1. The Morgan fingerprint density at radius 2 is 1.44 bits per heavy atom. The van der Waals surface area contributed by atoms with E-state index in [1.807, 2.05) is 18.2 Å². The predicted molar refractivity (Wildman–Crippen MR) is 78.4 cm³/mol. The minimum Gasteiger partial charge on any atom is -0.305 e. The van der Waals surface area contributed by atoms with Crippen LogP contribution in [-0.4, -0.2) is 19.0 Å². The second-order valence-electron chi connectivity index (χ2n) is 4.78. The molecule has 0 spiro atoms. The summed E-state index contributed by atoms with van der Waals surface area (Å²) in [4.78, 5) is 2.17. The van der Waals surface area contributed by atoms with Crippen molar-refractivity contribution < 1.29 is 0 Å². The predicted octanol–water partition coefficient (Wildman–Crippen LogP) is 3.81. The monoisotopic (exact) mass is 237 g/mol. The summed E-state index contributed by atoms with van der Waals surface area (Å²) >= 11 is 0. The molecule has 2 rings (SSSR count).